The number of rotatable bonds is 17. The van der Waals surface area contributed by atoms with Crippen molar-refractivity contribution in [1.29, 1.82) is 0 Å². The fourth-order valence-corrected chi connectivity index (χ4v) is 5.20. The lowest BCUT2D eigenvalue weighted by Crippen LogP contribution is -2.13. The molecule has 0 bridgehead atoms. The summed E-state index contributed by atoms with van der Waals surface area (Å²) in [6, 6.07) is 8.97. The number of halogens is 2. The van der Waals surface area contributed by atoms with Gasteiger partial charge < -0.3 is 14.2 Å². The first-order valence-electron chi connectivity index (χ1n) is 15.2. The minimum absolute atomic E-state index is 0.199. The average Bonchev–Trinajstić information content (AvgIpc) is 2.97. The molecule has 3 rings (SSSR count). The van der Waals surface area contributed by atoms with Crippen LogP contribution in [0, 0.1) is 23.5 Å². The predicted molar refractivity (Wildman–Crippen MR) is 156 cm³/mol. The zero-order valence-corrected chi connectivity index (χ0v) is 24.3. The molecule has 6 heteroatoms. The Morgan fingerprint density at radius 3 is 2.20 bits per heavy atom. The van der Waals surface area contributed by atoms with E-state index in [1.807, 2.05) is 0 Å². The normalized spacial score (nSPS) is 17.2. The molecule has 1 aliphatic carbocycles. The maximum Gasteiger partial charge on any atom is 0.346 e. The van der Waals surface area contributed by atoms with E-state index in [9.17, 15) is 13.6 Å². The molecular weight excluding hydrogens is 510 g/mol. The van der Waals surface area contributed by atoms with Gasteiger partial charge >= 0.3 is 5.97 Å². The van der Waals surface area contributed by atoms with Crippen LogP contribution in [0.1, 0.15) is 108 Å². The lowest BCUT2D eigenvalue weighted by molar-refractivity contribution is 0.0728. The van der Waals surface area contributed by atoms with Crippen molar-refractivity contribution in [3.8, 4) is 17.2 Å². The Labute approximate surface area is 239 Å². The first kappa shape index (κ1) is 31.6. The largest absolute Gasteiger partial charge is 0.490 e. The topological polar surface area (TPSA) is 44.8 Å². The van der Waals surface area contributed by atoms with Gasteiger partial charge in [0.25, 0.3) is 0 Å². The fourth-order valence-electron chi connectivity index (χ4n) is 5.20. The highest BCUT2D eigenvalue weighted by Gasteiger charge is 2.21. The van der Waals surface area contributed by atoms with Gasteiger partial charge in [-0.2, -0.15) is 4.39 Å². The summed E-state index contributed by atoms with van der Waals surface area (Å²) in [4.78, 5) is 12.5. The van der Waals surface area contributed by atoms with Crippen LogP contribution in [-0.2, 0) is 0 Å². The Hall–Kier alpha value is -2.89. The molecule has 1 aliphatic rings. The Kier molecular flexibility index (Phi) is 14.0. The quantitative estimate of drug-likeness (QED) is 0.0842. The van der Waals surface area contributed by atoms with Gasteiger partial charge in [0, 0.05) is 0 Å². The van der Waals surface area contributed by atoms with Gasteiger partial charge in [0.15, 0.2) is 11.6 Å². The summed E-state index contributed by atoms with van der Waals surface area (Å²) in [5.41, 5.74) is -0.478. The van der Waals surface area contributed by atoms with Crippen LogP contribution >= 0.6 is 0 Å². The molecule has 4 nitrogen and oxygen atoms in total. The van der Waals surface area contributed by atoms with E-state index in [0.717, 1.165) is 38.0 Å². The van der Waals surface area contributed by atoms with Crippen molar-refractivity contribution in [3.63, 3.8) is 0 Å². The second-order valence-corrected chi connectivity index (χ2v) is 10.9. The Morgan fingerprint density at radius 2 is 1.48 bits per heavy atom. The number of unbranched alkanes of at least 4 members (excludes halogenated alkanes) is 6. The third kappa shape index (κ3) is 10.6. The maximum absolute atomic E-state index is 14.6. The van der Waals surface area contributed by atoms with E-state index >= 15 is 0 Å². The Morgan fingerprint density at radius 1 is 0.800 bits per heavy atom. The van der Waals surface area contributed by atoms with Gasteiger partial charge in [-0.3, -0.25) is 0 Å². The van der Waals surface area contributed by atoms with Gasteiger partial charge in [0.2, 0.25) is 5.82 Å². The molecular formula is C34H46F2O4. The van der Waals surface area contributed by atoms with Crippen molar-refractivity contribution in [2.45, 2.75) is 97.3 Å². The summed E-state index contributed by atoms with van der Waals surface area (Å²) in [7, 11) is 0. The molecule has 1 fully saturated rings. The van der Waals surface area contributed by atoms with E-state index in [1.165, 1.54) is 63.5 Å². The Bertz CT molecular complexity index is 1040. The van der Waals surface area contributed by atoms with Crippen LogP contribution in [0.4, 0.5) is 8.78 Å². The van der Waals surface area contributed by atoms with Crippen LogP contribution in [0.25, 0.3) is 0 Å². The monoisotopic (exact) mass is 556 g/mol. The molecule has 2 aromatic carbocycles. The predicted octanol–water partition coefficient (Wildman–Crippen LogP) is 9.85. The van der Waals surface area contributed by atoms with Crippen LogP contribution in [0.15, 0.2) is 48.6 Å². The van der Waals surface area contributed by atoms with Gasteiger partial charge in [-0.25, -0.2) is 9.18 Å². The first-order chi connectivity index (χ1) is 19.5. The summed E-state index contributed by atoms with van der Waals surface area (Å²) in [5.74, 6) is -1.24. The zero-order chi connectivity index (χ0) is 28.6. The molecule has 0 radical (unpaired) electrons. The lowest BCUT2D eigenvalue weighted by atomic mass is 9.79. The number of benzene rings is 2. The third-order valence-electron chi connectivity index (χ3n) is 7.67. The second kappa shape index (κ2) is 17.7. The van der Waals surface area contributed by atoms with Crippen molar-refractivity contribution in [2.24, 2.45) is 11.8 Å². The SMILES string of the molecule is CCCCCCCOc1ccc(C(=O)Oc2ccc(OCC=C[C@H]3CC[C@H](CCCCC)CC3)cc2)c(F)c1F. The highest BCUT2D eigenvalue weighted by atomic mass is 19.2. The van der Waals surface area contributed by atoms with E-state index < -0.39 is 23.2 Å². The van der Waals surface area contributed by atoms with Crippen LogP contribution in [0.2, 0.25) is 0 Å². The summed E-state index contributed by atoms with van der Waals surface area (Å²) in [6.07, 6.45) is 20.0. The molecule has 40 heavy (non-hydrogen) atoms. The molecule has 0 saturated heterocycles. The molecule has 0 aliphatic heterocycles. The van der Waals surface area contributed by atoms with Crippen molar-refractivity contribution < 1.29 is 27.8 Å². The number of esters is 1. The molecule has 1 saturated carbocycles. The fraction of sp³-hybridized carbons (Fsp3) is 0.559. The lowest BCUT2D eigenvalue weighted by Gasteiger charge is -2.26. The molecule has 2 aromatic rings. The highest BCUT2D eigenvalue weighted by Crippen LogP contribution is 2.32. The molecule has 0 aromatic heterocycles. The van der Waals surface area contributed by atoms with Gasteiger partial charge in [0.1, 0.15) is 18.1 Å². The smallest absolute Gasteiger partial charge is 0.346 e. The number of ether oxygens (including phenoxy) is 3. The molecule has 0 atom stereocenters. The summed E-state index contributed by atoms with van der Waals surface area (Å²) >= 11 is 0. The van der Waals surface area contributed by atoms with Crippen molar-refractivity contribution in [3.05, 3.63) is 65.7 Å². The van der Waals surface area contributed by atoms with E-state index in [-0.39, 0.29) is 11.5 Å². The van der Waals surface area contributed by atoms with Gasteiger partial charge in [-0.1, -0.05) is 77.4 Å². The minimum atomic E-state index is -1.27. The number of allylic oxidation sites excluding steroid dienone is 1. The van der Waals surface area contributed by atoms with Gasteiger partial charge in [0.05, 0.1) is 12.2 Å². The van der Waals surface area contributed by atoms with E-state index in [4.69, 9.17) is 14.2 Å². The number of carbonyl (C=O) groups is 1. The maximum atomic E-state index is 14.6. The minimum Gasteiger partial charge on any atom is -0.490 e. The van der Waals surface area contributed by atoms with E-state index in [0.29, 0.717) is 24.9 Å². The molecule has 220 valence electrons. The van der Waals surface area contributed by atoms with E-state index in [1.54, 1.807) is 24.3 Å². The summed E-state index contributed by atoms with van der Waals surface area (Å²) in [5, 5.41) is 0. The number of hydrogen-bond acceptors (Lipinski definition) is 4. The summed E-state index contributed by atoms with van der Waals surface area (Å²) in [6.45, 7) is 5.15. The van der Waals surface area contributed by atoms with Crippen LogP contribution in [0.5, 0.6) is 17.2 Å². The standard InChI is InChI=1S/C34H46F2O4/c1-3-5-7-8-10-24-39-31-23-22-30(32(35)33(31)36)34(37)40-29-20-18-28(19-21-29)38-25-11-13-27-16-14-26(15-17-27)12-9-6-4-2/h11,13,18-23,26-27H,3-10,12,14-17,24-25H2,1-2H3/t26-,27-. The van der Waals surface area contributed by atoms with Crippen molar-refractivity contribution >= 4 is 5.97 Å². The number of hydrogen-bond donors (Lipinski definition) is 0. The molecule has 0 unspecified atom stereocenters. The molecule has 0 heterocycles. The molecule has 0 spiro atoms. The second-order valence-electron chi connectivity index (χ2n) is 10.9. The summed E-state index contributed by atoms with van der Waals surface area (Å²) < 4.78 is 45.4. The van der Waals surface area contributed by atoms with Gasteiger partial charge in [-0.15, -0.1) is 0 Å². The van der Waals surface area contributed by atoms with Crippen LogP contribution in [-0.4, -0.2) is 19.2 Å². The first-order valence-corrected chi connectivity index (χ1v) is 15.2. The molecule has 0 N–H and O–H groups in total. The van der Waals surface area contributed by atoms with Crippen LogP contribution < -0.4 is 14.2 Å². The molecule has 0 amide bonds. The zero-order valence-electron chi connectivity index (χ0n) is 24.3. The Balaban J connectivity index is 1.39. The third-order valence-corrected chi connectivity index (χ3v) is 7.67. The van der Waals surface area contributed by atoms with Crippen molar-refractivity contribution in [2.75, 3.05) is 13.2 Å². The van der Waals surface area contributed by atoms with E-state index in [2.05, 4.69) is 26.0 Å². The van der Waals surface area contributed by atoms with Crippen molar-refractivity contribution in [1.82, 2.24) is 0 Å². The highest BCUT2D eigenvalue weighted by molar-refractivity contribution is 5.91. The van der Waals surface area contributed by atoms with Crippen LogP contribution in [0.3, 0.4) is 0 Å². The van der Waals surface area contributed by atoms with Gasteiger partial charge in [-0.05, 0) is 80.3 Å². The number of carbonyl (C=O) groups excluding carboxylic acids is 1. The average molecular weight is 557 g/mol.